The van der Waals surface area contributed by atoms with Crippen molar-refractivity contribution in [3.8, 4) is 0 Å². The Morgan fingerprint density at radius 2 is 1.78 bits per heavy atom. The van der Waals surface area contributed by atoms with Crippen molar-refractivity contribution in [1.82, 2.24) is 9.97 Å². The summed E-state index contributed by atoms with van der Waals surface area (Å²) >= 11 is 1.52. The smallest absolute Gasteiger partial charge is 0.312 e. The van der Waals surface area contributed by atoms with Crippen molar-refractivity contribution >= 4 is 27.5 Å². The number of nitrogens with zero attached hydrogens (tertiary/aromatic N) is 1. The summed E-state index contributed by atoms with van der Waals surface area (Å²) < 4.78 is 5.90. The molecule has 0 spiro atoms. The highest BCUT2D eigenvalue weighted by atomic mass is 32.1. The molecule has 2 heterocycles. The molecule has 6 heteroatoms. The number of esters is 1. The van der Waals surface area contributed by atoms with Crippen LogP contribution in [0.15, 0.2) is 4.79 Å². The molecular formula is C21H26N2O3S. The molecule has 4 aliphatic carbocycles. The summed E-state index contributed by atoms with van der Waals surface area (Å²) in [6.45, 7) is 5.76. The fourth-order valence-corrected chi connectivity index (χ4v) is 7.20. The van der Waals surface area contributed by atoms with Gasteiger partial charge in [-0.05, 0) is 82.6 Å². The standard InChI is InChI=1S/C21H26N2O3S/c1-10-12(3)27-19-16(10)18(24)22-17(23-19)11(2)26-20(25)21-7-13-4-14(8-21)6-15(5-13)9-21/h11,13-15H,4-9H2,1-3H3,(H,22,23,24)/t11-,13?,14?,15?,21?/m1/s1. The van der Waals surface area contributed by atoms with Gasteiger partial charge in [0.15, 0.2) is 11.9 Å². The Balaban J connectivity index is 1.40. The van der Waals surface area contributed by atoms with Crippen LogP contribution in [0.3, 0.4) is 0 Å². The molecule has 0 aliphatic heterocycles. The van der Waals surface area contributed by atoms with Crippen molar-refractivity contribution in [2.24, 2.45) is 23.2 Å². The van der Waals surface area contributed by atoms with Crippen LogP contribution < -0.4 is 5.56 Å². The lowest BCUT2D eigenvalue weighted by Crippen LogP contribution is -2.50. The van der Waals surface area contributed by atoms with E-state index in [2.05, 4.69) is 9.97 Å². The summed E-state index contributed by atoms with van der Waals surface area (Å²) in [4.78, 5) is 34.9. The first-order valence-corrected chi connectivity index (χ1v) is 10.9. The fourth-order valence-electron chi connectivity index (χ4n) is 6.17. The maximum atomic E-state index is 13.1. The molecule has 0 aromatic carbocycles. The highest BCUT2D eigenvalue weighted by molar-refractivity contribution is 7.18. The van der Waals surface area contributed by atoms with Crippen LogP contribution in [-0.2, 0) is 9.53 Å². The first-order valence-electron chi connectivity index (χ1n) is 10.1. The number of hydrogen-bond acceptors (Lipinski definition) is 5. The number of thiophene rings is 1. The number of rotatable bonds is 3. The summed E-state index contributed by atoms with van der Waals surface area (Å²) in [5, 5.41) is 0.654. The third-order valence-corrected chi connectivity index (χ3v) is 8.30. The molecule has 2 aromatic heterocycles. The highest BCUT2D eigenvalue weighted by Crippen LogP contribution is 2.60. The maximum Gasteiger partial charge on any atom is 0.312 e. The lowest BCUT2D eigenvalue weighted by atomic mass is 9.49. The van der Waals surface area contributed by atoms with Gasteiger partial charge in [-0.1, -0.05) is 0 Å². The van der Waals surface area contributed by atoms with Crippen molar-refractivity contribution < 1.29 is 9.53 Å². The number of nitrogens with one attached hydrogen (secondary N) is 1. The van der Waals surface area contributed by atoms with E-state index in [-0.39, 0.29) is 16.9 Å². The normalized spacial score (nSPS) is 32.8. The largest absolute Gasteiger partial charge is 0.454 e. The Labute approximate surface area is 162 Å². The average molecular weight is 387 g/mol. The van der Waals surface area contributed by atoms with Gasteiger partial charge in [0.1, 0.15) is 4.83 Å². The van der Waals surface area contributed by atoms with E-state index in [9.17, 15) is 9.59 Å². The van der Waals surface area contributed by atoms with Gasteiger partial charge >= 0.3 is 5.97 Å². The van der Waals surface area contributed by atoms with Crippen LogP contribution in [0, 0.1) is 37.0 Å². The van der Waals surface area contributed by atoms with E-state index >= 15 is 0 Å². The molecule has 6 rings (SSSR count). The third-order valence-electron chi connectivity index (χ3n) is 7.20. The molecule has 0 unspecified atom stereocenters. The molecule has 0 radical (unpaired) electrons. The topological polar surface area (TPSA) is 72.0 Å². The Bertz CT molecular complexity index is 954. The summed E-state index contributed by atoms with van der Waals surface area (Å²) in [5.74, 6) is 2.48. The molecule has 2 aromatic rings. The Kier molecular flexibility index (Phi) is 3.81. The molecule has 0 amide bonds. The number of hydrogen-bond donors (Lipinski definition) is 1. The number of aryl methyl sites for hydroxylation is 2. The summed E-state index contributed by atoms with van der Waals surface area (Å²) in [5.41, 5.74) is 0.548. The van der Waals surface area contributed by atoms with Gasteiger partial charge in [0.05, 0.1) is 10.8 Å². The number of ether oxygens (including phenoxy) is 1. The van der Waals surface area contributed by atoms with Gasteiger partial charge in [-0.3, -0.25) is 9.59 Å². The van der Waals surface area contributed by atoms with E-state index in [1.807, 2.05) is 20.8 Å². The van der Waals surface area contributed by atoms with Crippen LogP contribution in [0.5, 0.6) is 0 Å². The van der Waals surface area contributed by atoms with Crippen LogP contribution in [0.25, 0.3) is 10.2 Å². The van der Waals surface area contributed by atoms with E-state index in [4.69, 9.17) is 4.74 Å². The molecule has 144 valence electrons. The molecular weight excluding hydrogens is 360 g/mol. The lowest BCUT2D eigenvalue weighted by molar-refractivity contribution is -0.177. The Morgan fingerprint density at radius 1 is 1.19 bits per heavy atom. The van der Waals surface area contributed by atoms with E-state index in [0.717, 1.165) is 34.5 Å². The summed E-state index contributed by atoms with van der Waals surface area (Å²) in [6.07, 6.45) is 6.30. The van der Waals surface area contributed by atoms with Gasteiger partial charge in [-0.25, -0.2) is 4.98 Å². The predicted octanol–water partition coefficient (Wildman–Crippen LogP) is 4.42. The zero-order chi connectivity index (χ0) is 18.9. The van der Waals surface area contributed by atoms with Crippen LogP contribution in [-0.4, -0.2) is 15.9 Å². The molecule has 4 saturated carbocycles. The van der Waals surface area contributed by atoms with Gasteiger partial charge < -0.3 is 9.72 Å². The van der Waals surface area contributed by atoms with Gasteiger partial charge in [-0.2, -0.15) is 0 Å². The maximum absolute atomic E-state index is 13.1. The van der Waals surface area contributed by atoms with E-state index < -0.39 is 6.10 Å². The minimum atomic E-state index is -0.537. The highest BCUT2D eigenvalue weighted by Gasteiger charge is 2.55. The molecule has 4 fully saturated rings. The van der Waals surface area contributed by atoms with Crippen molar-refractivity contribution in [3.63, 3.8) is 0 Å². The summed E-state index contributed by atoms with van der Waals surface area (Å²) in [6, 6.07) is 0. The van der Waals surface area contributed by atoms with Crippen LogP contribution >= 0.6 is 11.3 Å². The average Bonchev–Trinajstić information content (AvgIpc) is 2.88. The SMILES string of the molecule is Cc1sc2nc([C@@H](C)OC(=O)C34CC5CC(CC(C5)C3)C4)[nH]c(=O)c2c1C. The second kappa shape index (κ2) is 5.90. The Hall–Kier alpha value is -1.69. The second-order valence-corrected chi connectivity index (χ2v) is 10.4. The molecule has 0 saturated heterocycles. The van der Waals surface area contributed by atoms with Crippen molar-refractivity contribution in [1.29, 1.82) is 0 Å². The summed E-state index contributed by atoms with van der Waals surface area (Å²) in [7, 11) is 0. The molecule has 4 bridgehead atoms. The number of H-pyrrole nitrogens is 1. The molecule has 1 atom stereocenters. The van der Waals surface area contributed by atoms with Crippen LogP contribution in [0.4, 0.5) is 0 Å². The number of carbonyl (C=O) groups is 1. The van der Waals surface area contributed by atoms with Gasteiger partial charge in [-0.15, -0.1) is 11.3 Å². The molecule has 1 N–H and O–H groups in total. The number of fused-ring (bicyclic) bond motifs is 1. The molecule has 4 aliphatic rings. The second-order valence-electron chi connectivity index (χ2n) is 9.16. The van der Waals surface area contributed by atoms with E-state index in [0.29, 0.717) is 29.0 Å². The lowest BCUT2D eigenvalue weighted by Gasteiger charge is -2.55. The molecule has 27 heavy (non-hydrogen) atoms. The number of aromatic amines is 1. The van der Waals surface area contributed by atoms with E-state index in [1.54, 1.807) is 0 Å². The monoisotopic (exact) mass is 386 g/mol. The molecule has 5 nitrogen and oxygen atoms in total. The zero-order valence-corrected chi connectivity index (χ0v) is 16.9. The fraction of sp³-hybridized carbons (Fsp3) is 0.667. The first-order chi connectivity index (χ1) is 12.8. The third kappa shape index (κ3) is 2.67. The van der Waals surface area contributed by atoms with Crippen molar-refractivity contribution in [2.75, 3.05) is 0 Å². The Morgan fingerprint density at radius 3 is 2.37 bits per heavy atom. The quantitative estimate of drug-likeness (QED) is 0.793. The number of aromatic nitrogens is 2. The van der Waals surface area contributed by atoms with Gasteiger partial charge in [0, 0.05) is 4.88 Å². The minimum absolute atomic E-state index is 0.0737. The van der Waals surface area contributed by atoms with Crippen molar-refractivity contribution in [3.05, 3.63) is 26.6 Å². The van der Waals surface area contributed by atoms with Gasteiger partial charge in [0.25, 0.3) is 5.56 Å². The van der Waals surface area contributed by atoms with E-state index in [1.165, 1.54) is 30.6 Å². The van der Waals surface area contributed by atoms with Crippen molar-refractivity contribution in [2.45, 2.75) is 65.4 Å². The van der Waals surface area contributed by atoms with Gasteiger partial charge in [0.2, 0.25) is 0 Å². The first kappa shape index (κ1) is 17.4. The van der Waals surface area contributed by atoms with Crippen LogP contribution in [0.2, 0.25) is 0 Å². The number of carbonyl (C=O) groups excluding carboxylic acids is 1. The van der Waals surface area contributed by atoms with Crippen LogP contribution in [0.1, 0.15) is 67.8 Å². The zero-order valence-electron chi connectivity index (χ0n) is 16.1. The predicted molar refractivity (Wildman–Crippen MR) is 105 cm³/mol. The minimum Gasteiger partial charge on any atom is -0.454 e.